The number of hydrogen-bond acceptors (Lipinski definition) is 3. The first-order valence-corrected chi connectivity index (χ1v) is 3.70. The van der Waals surface area contributed by atoms with Crippen LogP contribution in [0.2, 0.25) is 0 Å². The lowest BCUT2D eigenvalue weighted by Crippen LogP contribution is -2.09. The molecule has 3 nitrogen and oxygen atoms in total. The quantitative estimate of drug-likeness (QED) is 0.381. The summed E-state index contributed by atoms with van der Waals surface area (Å²) in [6.07, 6.45) is 0. The van der Waals surface area contributed by atoms with Crippen LogP contribution in [-0.4, -0.2) is 13.7 Å². The molecule has 0 aromatic heterocycles. The highest BCUT2D eigenvalue weighted by Crippen LogP contribution is 1.95. The van der Waals surface area contributed by atoms with Gasteiger partial charge in [0.1, 0.15) is 0 Å². The van der Waals surface area contributed by atoms with Crippen LogP contribution in [-0.2, 0) is 9.84 Å². The predicted molar refractivity (Wildman–Crippen MR) is 29.7 cm³/mol. The summed E-state index contributed by atoms with van der Waals surface area (Å²) >= 11 is 0. The van der Waals surface area contributed by atoms with Crippen molar-refractivity contribution in [2.24, 2.45) is 0 Å². The second kappa shape index (κ2) is 2.14. The zero-order valence-electron chi connectivity index (χ0n) is 4.75. The van der Waals surface area contributed by atoms with Gasteiger partial charge in [-0.15, -0.1) is 0 Å². The van der Waals surface area contributed by atoms with Crippen LogP contribution in [0.15, 0.2) is 0 Å². The molecule has 46 valence electrons. The summed E-state index contributed by atoms with van der Waals surface area (Å²) in [6, 6.07) is 0. The van der Waals surface area contributed by atoms with Crippen molar-refractivity contribution in [3.63, 3.8) is 0 Å². The van der Waals surface area contributed by atoms with Crippen molar-refractivity contribution in [1.29, 1.82) is 5.26 Å². The molecule has 0 saturated heterocycles. The highest BCUT2D eigenvalue weighted by molar-refractivity contribution is 7.96. The SMILES string of the molecule is CC(C)S(=O)(=O)C#N. The molecule has 0 atom stereocenters. The molecule has 0 aliphatic rings. The topological polar surface area (TPSA) is 57.9 Å². The third-order valence-electron chi connectivity index (χ3n) is 0.748. The highest BCUT2D eigenvalue weighted by atomic mass is 32.2. The maximum Gasteiger partial charge on any atom is 0.243 e. The lowest BCUT2D eigenvalue weighted by molar-refractivity contribution is 0.597. The summed E-state index contributed by atoms with van der Waals surface area (Å²) in [5.41, 5.74) is 0. The standard InChI is InChI=1S/C4H7NO2S/c1-4(2)8(6,7)3-5/h4H,1-2H3. The predicted octanol–water partition coefficient (Wildman–Crippen LogP) is 0.291. The lowest BCUT2D eigenvalue weighted by atomic mass is 10.6. The van der Waals surface area contributed by atoms with Crippen LogP contribution < -0.4 is 0 Å². The average Bonchev–Trinajstić information content (AvgIpc) is 1.67. The summed E-state index contributed by atoms with van der Waals surface area (Å²) in [7, 11) is -3.43. The van der Waals surface area contributed by atoms with E-state index in [0.717, 1.165) is 0 Å². The first-order chi connectivity index (χ1) is 3.50. The molecule has 0 aromatic rings. The molecule has 0 rings (SSSR count). The second-order valence-corrected chi connectivity index (χ2v) is 3.90. The Balaban J connectivity index is 4.49. The van der Waals surface area contributed by atoms with E-state index in [2.05, 4.69) is 0 Å². The van der Waals surface area contributed by atoms with Crippen molar-refractivity contribution in [1.82, 2.24) is 0 Å². The van der Waals surface area contributed by atoms with Crippen molar-refractivity contribution >= 4 is 9.84 Å². The highest BCUT2D eigenvalue weighted by Gasteiger charge is 2.12. The van der Waals surface area contributed by atoms with Gasteiger partial charge >= 0.3 is 0 Å². The Kier molecular flexibility index (Phi) is 1.99. The fraction of sp³-hybridized carbons (Fsp3) is 0.750. The van der Waals surface area contributed by atoms with E-state index in [1.54, 1.807) is 0 Å². The molecule has 0 spiro atoms. The molecule has 0 amide bonds. The number of rotatable bonds is 1. The Labute approximate surface area is 48.9 Å². The van der Waals surface area contributed by atoms with Gasteiger partial charge in [-0.1, -0.05) is 0 Å². The third-order valence-corrected chi connectivity index (χ3v) is 2.24. The first-order valence-electron chi connectivity index (χ1n) is 2.15. The lowest BCUT2D eigenvalue weighted by Gasteiger charge is -1.93. The van der Waals surface area contributed by atoms with E-state index in [0.29, 0.717) is 0 Å². The van der Waals surface area contributed by atoms with Gasteiger partial charge in [-0.2, -0.15) is 5.26 Å². The van der Waals surface area contributed by atoms with Crippen LogP contribution in [0, 0.1) is 10.7 Å². The number of thiocyanates is 1. The van der Waals surface area contributed by atoms with Gasteiger partial charge in [0, 0.05) is 0 Å². The molecule has 0 N–H and O–H groups in total. The van der Waals surface area contributed by atoms with E-state index in [-0.39, 0.29) is 0 Å². The van der Waals surface area contributed by atoms with Gasteiger partial charge in [-0.05, 0) is 13.8 Å². The zero-order chi connectivity index (χ0) is 6.78. The Morgan fingerprint density at radius 1 is 1.50 bits per heavy atom. The molecular formula is C4H7NO2S. The molecule has 0 unspecified atom stereocenters. The van der Waals surface area contributed by atoms with Crippen molar-refractivity contribution in [3.05, 3.63) is 0 Å². The smallest absolute Gasteiger partial charge is 0.213 e. The summed E-state index contributed by atoms with van der Waals surface area (Å²) in [5, 5.41) is 8.56. The summed E-state index contributed by atoms with van der Waals surface area (Å²) < 4.78 is 20.7. The number of nitrogens with zero attached hydrogens (tertiary/aromatic N) is 1. The van der Waals surface area contributed by atoms with Gasteiger partial charge in [-0.3, -0.25) is 0 Å². The Morgan fingerprint density at radius 3 is 1.88 bits per heavy atom. The van der Waals surface area contributed by atoms with Gasteiger partial charge in [0.2, 0.25) is 9.84 Å². The average molecular weight is 133 g/mol. The van der Waals surface area contributed by atoms with Gasteiger partial charge in [0.05, 0.1) is 5.25 Å². The minimum Gasteiger partial charge on any atom is -0.213 e. The number of nitriles is 1. The molecule has 0 radical (unpaired) electrons. The third kappa shape index (κ3) is 1.51. The Bertz CT molecular complexity index is 197. The number of hydrogen-bond donors (Lipinski definition) is 0. The van der Waals surface area contributed by atoms with Crippen molar-refractivity contribution in [2.75, 3.05) is 0 Å². The van der Waals surface area contributed by atoms with Crippen LogP contribution >= 0.6 is 0 Å². The van der Waals surface area contributed by atoms with Gasteiger partial charge in [0.15, 0.2) is 5.40 Å². The first kappa shape index (κ1) is 7.44. The summed E-state index contributed by atoms with van der Waals surface area (Å²) in [4.78, 5) is 0. The van der Waals surface area contributed by atoms with Crippen molar-refractivity contribution in [3.8, 4) is 5.40 Å². The van der Waals surface area contributed by atoms with E-state index in [4.69, 9.17) is 5.26 Å². The normalized spacial score (nSPS) is 11.2. The fourth-order valence-corrected chi connectivity index (χ4v) is 0.316. The Hall–Kier alpha value is -0.560. The maximum atomic E-state index is 10.3. The van der Waals surface area contributed by atoms with Crippen LogP contribution in [0.4, 0.5) is 0 Å². The molecule has 8 heavy (non-hydrogen) atoms. The van der Waals surface area contributed by atoms with Gasteiger partial charge in [0.25, 0.3) is 0 Å². The monoisotopic (exact) mass is 133 g/mol. The largest absolute Gasteiger partial charge is 0.243 e. The van der Waals surface area contributed by atoms with Crippen molar-refractivity contribution < 1.29 is 8.42 Å². The molecule has 0 aliphatic carbocycles. The van der Waals surface area contributed by atoms with E-state index in [9.17, 15) is 8.42 Å². The molecule has 0 bridgehead atoms. The van der Waals surface area contributed by atoms with Gasteiger partial charge in [-0.25, -0.2) is 8.42 Å². The zero-order valence-corrected chi connectivity index (χ0v) is 5.57. The molecule has 0 fully saturated rings. The minimum atomic E-state index is -3.43. The van der Waals surface area contributed by atoms with Crippen LogP contribution in [0.1, 0.15) is 13.8 Å². The van der Waals surface area contributed by atoms with E-state index in [1.165, 1.54) is 19.2 Å². The fourth-order valence-electron chi connectivity index (χ4n) is 0.105. The molecule has 0 heterocycles. The van der Waals surface area contributed by atoms with Crippen LogP contribution in [0.3, 0.4) is 0 Å². The van der Waals surface area contributed by atoms with E-state index in [1.807, 2.05) is 0 Å². The van der Waals surface area contributed by atoms with Crippen LogP contribution in [0.25, 0.3) is 0 Å². The molecular weight excluding hydrogens is 126 g/mol. The molecule has 0 saturated carbocycles. The van der Waals surface area contributed by atoms with Gasteiger partial charge < -0.3 is 0 Å². The second-order valence-electron chi connectivity index (χ2n) is 1.69. The van der Waals surface area contributed by atoms with Crippen LogP contribution in [0.5, 0.6) is 0 Å². The Morgan fingerprint density at radius 2 is 1.88 bits per heavy atom. The summed E-state index contributed by atoms with van der Waals surface area (Å²) in [6.45, 7) is 2.94. The molecule has 4 heteroatoms. The maximum absolute atomic E-state index is 10.3. The molecule has 0 aliphatic heterocycles. The minimum absolute atomic E-state index is 0.576. The summed E-state index contributed by atoms with van der Waals surface area (Å²) in [5.74, 6) is 0. The van der Waals surface area contributed by atoms with E-state index >= 15 is 0 Å². The number of sulfone groups is 1. The van der Waals surface area contributed by atoms with E-state index < -0.39 is 15.1 Å². The van der Waals surface area contributed by atoms with Crippen molar-refractivity contribution in [2.45, 2.75) is 19.1 Å². The molecule has 0 aromatic carbocycles.